The van der Waals surface area contributed by atoms with Crippen molar-refractivity contribution < 1.29 is 4.74 Å². The fourth-order valence-corrected chi connectivity index (χ4v) is 2.62. The molecule has 1 aromatic rings. The van der Waals surface area contributed by atoms with Gasteiger partial charge in [-0.3, -0.25) is 9.67 Å². The lowest BCUT2D eigenvalue weighted by atomic mass is 10.4. The van der Waals surface area contributed by atoms with E-state index in [1.54, 1.807) is 0 Å². The van der Waals surface area contributed by atoms with Gasteiger partial charge in [-0.15, -0.1) is 0 Å². The number of guanidine groups is 1. The number of ether oxygens (including phenoxy) is 1. The summed E-state index contributed by atoms with van der Waals surface area (Å²) in [7, 11) is 2.07. The standard InChI is InChI=1S/C18H33N5O/c1-5-19-18(22(4)11-12-24-14-17-7-8-17)20-9-6-10-23-16(3)13-15(2)21-23/h13,17H,5-12,14H2,1-4H3,(H,19,20). The molecule has 0 aliphatic heterocycles. The van der Waals surface area contributed by atoms with Gasteiger partial charge in [0.1, 0.15) is 0 Å². The number of nitrogens with one attached hydrogen (secondary N) is 1. The van der Waals surface area contributed by atoms with Gasteiger partial charge in [0.2, 0.25) is 0 Å². The summed E-state index contributed by atoms with van der Waals surface area (Å²) in [6.45, 7) is 11.4. The number of aryl methyl sites for hydroxylation is 3. The monoisotopic (exact) mass is 335 g/mol. The van der Waals surface area contributed by atoms with Crippen LogP contribution in [0.5, 0.6) is 0 Å². The average molecular weight is 335 g/mol. The van der Waals surface area contributed by atoms with Gasteiger partial charge in [-0.05, 0) is 52.0 Å². The van der Waals surface area contributed by atoms with Crippen molar-refractivity contribution in [3.05, 3.63) is 17.5 Å². The fourth-order valence-electron chi connectivity index (χ4n) is 2.62. The molecule has 24 heavy (non-hydrogen) atoms. The fraction of sp³-hybridized carbons (Fsp3) is 0.778. The van der Waals surface area contributed by atoms with Crippen LogP contribution >= 0.6 is 0 Å². The summed E-state index contributed by atoms with van der Waals surface area (Å²) in [5.41, 5.74) is 2.29. The Balaban J connectivity index is 1.70. The van der Waals surface area contributed by atoms with E-state index in [0.29, 0.717) is 0 Å². The van der Waals surface area contributed by atoms with Gasteiger partial charge in [0.15, 0.2) is 5.96 Å². The van der Waals surface area contributed by atoms with E-state index in [1.165, 1.54) is 18.5 Å². The Kier molecular flexibility index (Phi) is 7.56. The summed E-state index contributed by atoms with van der Waals surface area (Å²) in [4.78, 5) is 6.88. The van der Waals surface area contributed by atoms with E-state index < -0.39 is 0 Å². The van der Waals surface area contributed by atoms with Crippen LogP contribution in [-0.2, 0) is 11.3 Å². The van der Waals surface area contributed by atoms with E-state index in [1.807, 2.05) is 6.92 Å². The van der Waals surface area contributed by atoms with Crippen molar-refractivity contribution in [3.8, 4) is 0 Å². The number of aromatic nitrogens is 2. The van der Waals surface area contributed by atoms with E-state index in [2.05, 4.69) is 47.0 Å². The van der Waals surface area contributed by atoms with Gasteiger partial charge in [-0.25, -0.2) is 0 Å². The molecule has 0 unspecified atom stereocenters. The number of hydrogen-bond acceptors (Lipinski definition) is 3. The summed E-state index contributed by atoms with van der Waals surface area (Å²) in [5.74, 6) is 1.78. The molecule has 1 aromatic heterocycles. The number of likely N-dealkylation sites (N-methyl/N-ethyl adjacent to an activating group) is 1. The minimum absolute atomic E-state index is 0.767. The summed E-state index contributed by atoms with van der Waals surface area (Å²) in [6.07, 6.45) is 3.67. The zero-order valence-corrected chi connectivity index (χ0v) is 15.7. The summed E-state index contributed by atoms with van der Waals surface area (Å²) >= 11 is 0. The third kappa shape index (κ3) is 6.51. The molecule has 6 nitrogen and oxygen atoms in total. The van der Waals surface area contributed by atoms with Crippen molar-refractivity contribution in [3.63, 3.8) is 0 Å². The number of aliphatic imine (C=N–C) groups is 1. The molecule has 1 saturated carbocycles. The molecule has 0 spiro atoms. The Labute approximate surface area is 146 Å². The van der Waals surface area contributed by atoms with Gasteiger partial charge in [0, 0.05) is 45.5 Å². The lowest BCUT2D eigenvalue weighted by Crippen LogP contribution is -2.40. The molecule has 1 aliphatic rings. The smallest absolute Gasteiger partial charge is 0.193 e. The van der Waals surface area contributed by atoms with Gasteiger partial charge in [0.25, 0.3) is 0 Å². The highest BCUT2D eigenvalue weighted by molar-refractivity contribution is 5.79. The molecule has 0 aromatic carbocycles. The maximum absolute atomic E-state index is 5.72. The van der Waals surface area contributed by atoms with Crippen molar-refractivity contribution in [1.29, 1.82) is 0 Å². The Morgan fingerprint density at radius 1 is 1.46 bits per heavy atom. The first kappa shape index (κ1) is 18.8. The van der Waals surface area contributed by atoms with Crippen molar-refractivity contribution >= 4 is 5.96 Å². The predicted octanol–water partition coefficient (Wildman–Crippen LogP) is 2.21. The van der Waals surface area contributed by atoms with Crippen LogP contribution in [0.15, 0.2) is 11.1 Å². The third-order valence-electron chi connectivity index (χ3n) is 4.21. The normalized spacial score (nSPS) is 14.9. The molecule has 0 saturated heterocycles. The Hall–Kier alpha value is -1.56. The minimum atomic E-state index is 0.767. The topological polar surface area (TPSA) is 54.7 Å². The van der Waals surface area contributed by atoms with E-state index in [9.17, 15) is 0 Å². The second-order valence-corrected chi connectivity index (χ2v) is 6.68. The van der Waals surface area contributed by atoms with E-state index in [0.717, 1.165) is 63.4 Å². The average Bonchev–Trinajstić information content (AvgIpc) is 3.31. The number of hydrogen-bond donors (Lipinski definition) is 1. The maximum atomic E-state index is 5.72. The summed E-state index contributed by atoms with van der Waals surface area (Å²) in [6, 6.07) is 2.11. The molecule has 0 atom stereocenters. The lowest BCUT2D eigenvalue weighted by molar-refractivity contribution is 0.115. The van der Waals surface area contributed by atoms with Crippen LogP contribution in [0.2, 0.25) is 0 Å². The zero-order valence-electron chi connectivity index (χ0n) is 15.7. The van der Waals surface area contributed by atoms with Crippen LogP contribution < -0.4 is 5.32 Å². The molecular formula is C18H33N5O. The first-order chi connectivity index (χ1) is 11.6. The predicted molar refractivity (Wildman–Crippen MR) is 98.5 cm³/mol. The molecule has 1 heterocycles. The molecule has 0 amide bonds. The Morgan fingerprint density at radius 2 is 2.25 bits per heavy atom. The first-order valence-corrected chi connectivity index (χ1v) is 9.18. The van der Waals surface area contributed by atoms with Gasteiger partial charge >= 0.3 is 0 Å². The molecule has 6 heteroatoms. The Morgan fingerprint density at radius 3 is 2.88 bits per heavy atom. The van der Waals surface area contributed by atoms with Crippen LogP contribution in [0.3, 0.4) is 0 Å². The second kappa shape index (κ2) is 9.67. The van der Waals surface area contributed by atoms with Gasteiger partial charge in [0.05, 0.1) is 12.3 Å². The number of rotatable bonds is 10. The molecule has 1 N–H and O–H groups in total. The molecule has 1 fully saturated rings. The van der Waals surface area contributed by atoms with E-state index in [4.69, 9.17) is 9.73 Å². The van der Waals surface area contributed by atoms with Crippen LogP contribution in [0.25, 0.3) is 0 Å². The highest BCUT2D eigenvalue weighted by atomic mass is 16.5. The van der Waals surface area contributed by atoms with Crippen molar-refractivity contribution in [2.75, 3.05) is 39.9 Å². The quantitative estimate of drug-likeness (QED) is 0.405. The van der Waals surface area contributed by atoms with Crippen LogP contribution in [0.4, 0.5) is 0 Å². The van der Waals surface area contributed by atoms with Gasteiger partial charge in [-0.1, -0.05) is 0 Å². The molecule has 0 bridgehead atoms. The molecule has 136 valence electrons. The molecule has 1 aliphatic carbocycles. The summed E-state index contributed by atoms with van der Waals surface area (Å²) < 4.78 is 7.78. The molecule has 0 radical (unpaired) electrons. The van der Waals surface area contributed by atoms with Crippen LogP contribution in [-0.4, -0.2) is 60.5 Å². The zero-order chi connectivity index (χ0) is 17.4. The van der Waals surface area contributed by atoms with E-state index >= 15 is 0 Å². The molecule has 2 rings (SSSR count). The largest absolute Gasteiger partial charge is 0.379 e. The highest BCUT2D eigenvalue weighted by Crippen LogP contribution is 2.28. The van der Waals surface area contributed by atoms with E-state index in [-0.39, 0.29) is 0 Å². The van der Waals surface area contributed by atoms with Gasteiger partial charge in [-0.2, -0.15) is 5.10 Å². The minimum Gasteiger partial charge on any atom is -0.379 e. The second-order valence-electron chi connectivity index (χ2n) is 6.68. The number of nitrogens with zero attached hydrogens (tertiary/aromatic N) is 4. The van der Waals surface area contributed by atoms with Crippen molar-refractivity contribution in [2.24, 2.45) is 10.9 Å². The van der Waals surface area contributed by atoms with Crippen molar-refractivity contribution in [2.45, 2.75) is 46.6 Å². The SMILES string of the molecule is CCNC(=NCCCn1nc(C)cc1C)N(C)CCOCC1CC1. The van der Waals surface area contributed by atoms with Crippen molar-refractivity contribution in [1.82, 2.24) is 20.0 Å². The third-order valence-corrected chi connectivity index (χ3v) is 4.21. The maximum Gasteiger partial charge on any atom is 0.193 e. The summed E-state index contributed by atoms with van der Waals surface area (Å²) in [5, 5.41) is 7.85. The van der Waals surface area contributed by atoms with Gasteiger partial charge < -0.3 is 15.0 Å². The Bertz CT molecular complexity index is 521. The highest BCUT2D eigenvalue weighted by Gasteiger charge is 2.21. The lowest BCUT2D eigenvalue weighted by Gasteiger charge is -2.22. The first-order valence-electron chi connectivity index (χ1n) is 9.18. The van der Waals surface area contributed by atoms with Crippen LogP contribution in [0, 0.1) is 19.8 Å². The van der Waals surface area contributed by atoms with Crippen LogP contribution in [0.1, 0.15) is 37.6 Å². The molecular weight excluding hydrogens is 302 g/mol.